The van der Waals surface area contributed by atoms with Crippen LogP contribution < -0.4 is 0 Å². The Morgan fingerprint density at radius 1 is 0.931 bits per heavy atom. The molecule has 0 saturated carbocycles. The van der Waals surface area contributed by atoms with Crippen LogP contribution in [0.1, 0.15) is 64.1 Å². The Bertz CT molecular complexity index is 951. The summed E-state index contributed by atoms with van der Waals surface area (Å²) in [6.07, 6.45) is 0.854. The summed E-state index contributed by atoms with van der Waals surface area (Å²) in [5, 5.41) is 9.18. The first-order valence-electron chi connectivity index (χ1n) is 10.0. The van der Waals surface area contributed by atoms with Crippen LogP contribution in [-0.2, 0) is 31.9 Å². The summed E-state index contributed by atoms with van der Waals surface area (Å²) in [6.45, 7) is 17.9. The van der Waals surface area contributed by atoms with Crippen LogP contribution >= 0.6 is 0 Å². The van der Waals surface area contributed by atoms with Gasteiger partial charge in [-0.2, -0.15) is 5.10 Å². The van der Waals surface area contributed by atoms with E-state index >= 15 is 0 Å². The second-order valence-corrected chi connectivity index (χ2v) is 10.00. The summed E-state index contributed by atoms with van der Waals surface area (Å²) in [7, 11) is 0. The number of benzene rings is 2. The first-order chi connectivity index (χ1) is 13.0. The van der Waals surface area contributed by atoms with Crippen molar-refractivity contribution >= 4 is 0 Å². The molecule has 1 aromatic heterocycles. The maximum absolute atomic E-state index is 4.60. The summed E-state index contributed by atoms with van der Waals surface area (Å²) < 4.78 is 2.24. The van der Waals surface area contributed by atoms with Crippen LogP contribution in [0.25, 0.3) is 17.1 Å². The molecule has 0 aliphatic heterocycles. The molecule has 0 saturated heterocycles. The largest absolute Gasteiger partial charge is 0.320 e. The number of rotatable bonds is 3. The van der Waals surface area contributed by atoms with Crippen LogP contribution in [0.5, 0.6) is 0 Å². The predicted octanol–water partition coefficient (Wildman–Crippen LogP) is 6.23. The number of aromatic nitrogens is 3. The first-order valence-corrected chi connectivity index (χ1v) is 10.0. The third-order valence-corrected chi connectivity index (χ3v) is 4.95. The average molecular weight is 567 g/mol. The molecule has 0 atom stereocenters. The predicted molar refractivity (Wildman–Crippen MR) is 117 cm³/mol. The van der Waals surface area contributed by atoms with Gasteiger partial charge in [-0.15, -0.1) is 41.0 Å². The molecule has 157 valence electrons. The van der Waals surface area contributed by atoms with Gasteiger partial charge in [0.15, 0.2) is 0 Å². The molecule has 0 amide bonds. The minimum Gasteiger partial charge on any atom is -0.320 e. The van der Waals surface area contributed by atoms with E-state index in [2.05, 4.69) is 94.4 Å². The van der Waals surface area contributed by atoms with Gasteiger partial charge in [0.25, 0.3) is 0 Å². The van der Waals surface area contributed by atoms with Crippen LogP contribution in [0.15, 0.2) is 36.4 Å². The molecule has 2 aromatic carbocycles. The number of nitrogens with zero attached hydrogens (tertiary/aromatic N) is 3. The Kier molecular flexibility index (Phi) is 6.92. The zero-order valence-corrected chi connectivity index (χ0v) is 21.2. The third-order valence-electron chi connectivity index (χ3n) is 4.95. The van der Waals surface area contributed by atoms with Crippen molar-refractivity contribution in [1.29, 1.82) is 0 Å². The monoisotopic (exact) mass is 567 g/mol. The van der Waals surface area contributed by atoms with Crippen molar-refractivity contribution in [2.45, 2.75) is 67.2 Å². The van der Waals surface area contributed by atoms with Crippen molar-refractivity contribution < 1.29 is 20.1 Å². The molecule has 0 bridgehead atoms. The molecular weight excluding hydrogens is 535 g/mol. The molecule has 3 rings (SSSR count). The molecule has 0 unspecified atom stereocenters. The smallest absolute Gasteiger partial charge is 0.129 e. The number of hydrogen-bond acceptors (Lipinski definition) is 2. The van der Waals surface area contributed by atoms with Crippen molar-refractivity contribution in [2.75, 3.05) is 0 Å². The van der Waals surface area contributed by atoms with E-state index in [4.69, 9.17) is 0 Å². The van der Waals surface area contributed by atoms with Crippen LogP contribution in [-0.4, -0.2) is 14.8 Å². The van der Waals surface area contributed by atoms with Gasteiger partial charge >= 0.3 is 0 Å². The van der Waals surface area contributed by atoms with Gasteiger partial charge in [0, 0.05) is 32.2 Å². The topological polar surface area (TPSA) is 30.7 Å². The molecule has 0 aliphatic rings. The van der Waals surface area contributed by atoms with Crippen molar-refractivity contribution in [3.8, 4) is 17.1 Å². The standard InChI is InChI=1S/C25H32N3.Ir/c1-17-14-20(25(6,7)8)15-18(2)22(17)28-21(16-24(3,4)5)26-27-23(28)19-12-10-9-11-13-19;/h9-12,14-15H,16H2,1-8H3;/q-1;. The number of aryl methyl sites for hydroxylation is 2. The Balaban J connectivity index is 0.00000300. The van der Waals surface area contributed by atoms with E-state index in [1.807, 2.05) is 18.2 Å². The average Bonchev–Trinajstić information content (AvgIpc) is 2.96. The van der Waals surface area contributed by atoms with Gasteiger partial charge in [-0.25, -0.2) is 0 Å². The Morgan fingerprint density at radius 3 is 2.03 bits per heavy atom. The molecule has 3 aromatic rings. The van der Waals surface area contributed by atoms with Gasteiger partial charge in [-0.3, -0.25) is 0 Å². The molecule has 0 spiro atoms. The van der Waals surface area contributed by atoms with Gasteiger partial charge in [0.2, 0.25) is 0 Å². The SMILES string of the molecule is Cc1cc(C(C)(C)C)cc(C)c1-n1c(CC(C)(C)C)nnc1-c1[c-]cccc1.[Ir]. The second kappa shape index (κ2) is 8.53. The summed E-state index contributed by atoms with van der Waals surface area (Å²) in [6, 6.07) is 15.9. The molecule has 3 nitrogen and oxygen atoms in total. The Morgan fingerprint density at radius 2 is 1.55 bits per heavy atom. The Hall–Kier alpha value is -1.77. The Labute approximate surface area is 189 Å². The molecule has 0 N–H and O–H groups in total. The molecule has 0 fully saturated rings. The van der Waals surface area contributed by atoms with E-state index in [0.29, 0.717) is 0 Å². The van der Waals surface area contributed by atoms with Gasteiger partial charge in [-0.05, 0) is 41.4 Å². The van der Waals surface area contributed by atoms with Crippen molar-refractivity contribution in [2.24, 2.45) is 5.41 Å². The third kappa shape index (κ3) is 5.24. The fourth-order valence-electron chi connectivity index (χ4n) is 3.59. The van der Waals surface area contributed by atoms with E-state index in [-0.39, 0.29) is 30.9 Å². The zero-order chi connectivity index (χ0) is 20.7. The van der Waals surface area contributed by atoms with Crippen LogP contribution in [0.4, 0.5) is 0 Å². The van der Waals surface area contributed by atoms with E-state index in [9.17, 15) is 0 Å². The van der Waals surface area contributed by atoms with E-state index < -0.39 is 0 Å². The summed E-state index contributed by atoms with van der Waals surface area (Å²) in [5.41, 5.74) is 6.23. The van der Waals surface area contributed by atoms with Gasteiger partial charge in [0.05, 0.1) is 5.82 Å². The van der Waals surface area contributed by atoms with Crippen molar-refractivity contribution in [1.82, 2.24) is 14.8 Å². The van der Waals surface area contributed by atoms with Gasteiger partial charge in [-0.1, -0.05) is 53.7 Å². The van der Waals surface area contributed by atoms with Crippen molar-refractivity contribution in [3.05, 3.63) is 65.0 Å². The summed E-state index contributed by atoms with van der Waals surface area (Å²) in [5.74, 6) is 1.85. The maximum Gasteiger partial charge on any atom is 0.129 e. The molecule has 4 heteroatoms. The van der Waals surface area contributed by atoms with Crippen LogP contribution in [0.2, 0.25) is 0 Å². The van der Waals surface area contributed by atoms with Crippen LogP contribution in [0.3, 0.4) is 0 Å². The maximum atomic E-state index is 4.60. The second-order valence-electron chi connectivity index (χ2n) is 10.00. The fourth-order valence-corrected chi connectivity index (χ4v) is 3.59. The van der Waals surface area contributed by atoms with E-state index in [1.165, 1.54) is 22.4 Å². The summed E-state index contributed by atoms with van der Waals surface area (Å²) in [4.78, 5) is 0. The molecular formula is C25H32IrN3-. The molecule has 0 aliphatic carbocycles. The number of hydrogen-bond donors (Lipinski definition) is 0. The fraction of sp³-hybridized carbons (Fsp3) is 0.440. The van der Waals surface area contributed by atoms with E-state index in [1.54, 1.807) is 0 Å². The van der Waals surface area contributed by atoms with Gasteiger partial charge in [0.1, 0.15) is 5.82 Å². The van der Waals surface area contributed by atoms with E-state index in [0.717, 1.165) is 23.6 Å². The zero-order valence-electron chi connectivity index (χ0n) is 18.8. The minimum atomic E-state index is 0. The van der Waals surface area contributed by atoms with Gasteiger partial charge < -0.3 is 4.57 Å². The normalized spacial score (nSPS) is 12.0. The molecule has 1 heterocycles. The summed E-state index contributed by atoms with van der Waals surface area (Å²) >= 11 is 0. The minimum absolute atomic E-state index is 0. The molecule has 29 heavy (non-hydrogen) atoms. The molecule has 1 radical (unpaired) electrons. The van der Waals surface area contributed by atoms with Crippen molar-refractivity contribution in [3.63, 3.8) is 0 Å². The first kappa shape index (κ1) is 23.5. The quantitative estimate of drug-likeness (QED) is 0.352. The van der Waals surface area contributed by atoms with Crippen LogP contribution in [0, 0.1) is 25.3 Å².